The zero-order valence-corrected chi connectivity index (χ0v) is 12.0. The Hall–Kier alpha value is -2.14. The molecule has 2 rings (SSSR count). The Morgan fingerprint density at radius 3 is 2.76 bits per heavy atom. The van der Waals surface area contributed by atoms with Crippen molar-refractivity contribution in [2.75, 3.05) is 18.0 Å². The number of nitrogens with zero attached hydrogens (tertiary/aromatic N) is 1. The number of nitrogens with two attached hydrogens (primary N) is 1. The topological polar surface area (TPSA) is 59.5 Å². The smallest absolute Gasteiger partial charge is 0.261 e. The van der Waals surface area contributed by atoms with E-state index in [2.05, 4.69) is 0 Å². The highest BCUT2D eigenvalue weighted by atomic mass is 19.1. The quantitative estimate of drug-likeness (QED) is 0.889. The molecule has 1 aromatic heterocycles. The SMILES string of the molecule is CCc1occc1C(=O)N(CCCN)c1ccccc1F. The fraction of sp³-hybridized carbons (Fsp3) is 0.312. The minimum absolute atomic E-state index is 0.263. The number of rotatable bonds is 6. The summed E-state index contributed by atoms with van der Waals surface area (Å²) in [6.45, 7) is 2.71. The van der Waals surface area contributed by atoms with Gasteiger partial charge < -0.3 is 15.1 Å². The Bertz CT molecular complexity index is 610. The maximum absolute atomic E-state index is 14.0. The second-order valence-electron chi connectivity index (χ2n) is 4.66. The molecule has 1 aromatic carbocycles. The second-order valence-corrected chi connectivity index (χ2v) is 4.66. The Labute approximate surface area is 123 Å². The van der Waals surface area contributed by atoms with Gasteiger partial charge in [0.1, 0.15) is 11.6 Å². The van der Waals surface area contributed by atoms with Crippen molar-refractivity contribution in [2.45, 2.75) is 19.8 Å². The van der Waals surface area contributed by atoms with Crippen LogP contribution in [0.1, 0.15) is 29.5 Å². The Kier molecular flexibility index (Phi) is 5.11. The van der Waals surface area contributed by atoms with Gasteiger partial charge in [-0.05, 0) is 31.2 Å². The first kappa shape index (κ1) is 15.3. The van der Waals surface area contributed by atoms with Crippen molar-refractivity contribution in [1.82, 2.24) is 0 Å². The molecule has 112 valence electrons. The Morgan fingerprint density at radius 1 is 1.33 bits per heavy atom. The molecule has 21 heavy (non-hydrogen) atoms. The third kappa shape index (κ3) is 3.31. The molecule has 4 nitrogen and oxygen atoms in total. The minimum Gasteiger partial charge on any atom is -0.469 e. The first-order valence-corrected chi connectivity index (χ1v) is 7.01. The summed E-state index contributed by atoms with van der Waals surface area (Å²) < 4.78 is 19.3. The monoisotopic (exact) mass is 290 g/mol. The molecular formula is C16H19FN2O2. The first-order chi connectivity index (χ1) is 10.2. The molecule has 0 saturated heterocycles. The highest BCUT2D eigenvalue weighted by Crippen LogP contribution is 2.23. The Morgan fingerprint density at radius 2 is 2.10 bits per heavy atom. The molecule has 1 amide bonds. The fourth-order valence-electron chi connectivity index (χ4n) is 2.20. The van der Waals surface area contributed by atoms with Crippen molar-refractivity contribution >= 4 is 11.6 Å². The van der Waals surface area contributed by atoms with Crippen LogP contribution >= 0.6 is 0 Å². The number of hydrogen-bond donors (Lipinski definition) is 1. The molecule has 0 atom stereocenters. The van der Waals surface area contributed by atoms with Crippen LogP contribution in [0.25, 0.3) is 0 Å². The zero-order valence-electron chi connectivity index (χ0n) is 12.0. The summed E-state index contributed by atoms with van der Waals surface area (Å²) in [5.74, 6) is -0.0855. The van der Waals surface area contributed by atoms with E-state index in [0.29, 0.717) is 37.3 Å². The molecule has 1 heterocycles. The zero-order chi connectivity index (χ0) is 15.2. The van der Waals surface area contributed by atoms with Gasteiger partial charge in [-0.25, -0.2) is 4.39 Å². The number of anilines is 1. The Balaban J connectivity index is 2.36. The summed E-state index contributed by atoms with van der Waals surface area (Å²) in [5.41, 5.74) is 6.25. The molecule has 5 heteroatoms. The number of hydrogen-bond acceptors (Lipinski definition) is 3. The molecule has 0 spiro atoms. The number of benzene rings is 1. The van der Waals surface area contributed by atoms with E-state index < -0.39 is 5.82 Å². The predicted molar refractivity (Wildman–Crippen MR) is 79.8 cm³/mol. The van der Waals surface area contributed by atoms with Crippen LogP contribution in [-0.4, -0.2) is 19.0 Å². The summed E-state index contributed by atoms with van der Waals surface area (Å²) in [5, 5.41) is 0. The van der Waals surface area contributed by atoms with Crippen LogP contribution in [0.15, 0.2) is 41.0 Å². The summed E-state index contributed by atoms with van der Waals surface area (Å²) >= 11 is 0. The first-order valence-electron chi connectivity index (χ1n) is 7.01. The van der Waals surface area contributed by atoms with Crippen molar-refractivity contribution in [3.8, 4) is 0 Å². The third-order valence-corrected chi connectivity index (χ3v) is 3.27. The van der Waals surface area contributed by atoms with Crippen LogP contribution in [0.3, 0.4) is 0 Å². The molecule has 0 aliphatic carbocycles. The minimum atomic E-state index is -0.426. The number of furan rings is 1. The molecule has 0 fully saturated rings. The van der Waals surface area contributed by atoms with Gasteiger partial charge in [-0.1, -0.05) is 19.1 Å². The lowest BCUT2D eigenvalue weighted by Gasteiger charge is -2.23. The summed E-state index contributed by atoms with van der Waals surface area (Å²) in [7, 11) is 0. The van der Waals surface area contributed by atoms with Gasteiger partial charge in [0, 0.05) is 13.0 Å². The van der Waals surface area contributed by atoms with Crippen LogP contribution in [-0.2, 0) is 6.42 Å². The third-order valence-electron chi connectivity index (χ3n) is 3.27. The average molecular weight is 290 g/mol. The van der Waals surface area contributed by atoms with Gasteiger partial charge in [-0.2, -0.15) is 0 Å². The molecule has 0 saturated carbocycles. The normalized spacial score (nSPS) is 10.6. The van der Waals surface area contributed by atoms with Crippen molar-refractivity contribution < 1.29 is 13.6 Å². The number of aryl methyl sites for hydroxylation is 1. The van der Waals surface area contributed by atoms with E-state index in [1.165, 1.54) is 17.2 Å². The fourth-order valence-corrected chi connectivity index (χ4v) is 2.20. The number of carbonyl (C=O) groups excluding carboxylic acids is 1. The number of halogens is 1. The van der Waals surface area contributed by atoms with Crippen LogP contribution in [0.4, 0.5) is 10.1 Å². The standard InChI is InChI=1S/C16H19FN2O2/c1-2-15-12(8-11-21-15)16(20)19(10-5-9-18)14-7-4-3-6-13(14)17/h3-4,6-8,11H,2,5,9-10,18H2,1H3. The molecular weight excluding hydrogens is 271 g/mol. The van der Waals surface area contributed by atoms with Crippen molar-refractivity contribution in [1.29, 1.82) is 0 Å². The van der Waals surface area contributed by atoms with E-state index in [-0.39, 0.29) is 11.6 Å². The summed E-state index contributed by atoms with van der Waals surface area (Å²) in [6.07, 6.45) is 2.68. The van der Waals surface area contributed by atoms with Crippen LogP contribution in [0.5, 0.6) is 0 Å². The molecule has 0 bridgehead atoms. The van der Waals surface area contributed by atoms with Crippen molar-refractivity contribution in [3.63, 3.8) is 0 Å². The molecule has 2 N–H and O–H groups in total. The van der Waals surface area contributed by atoms with Gasteiger partial charge in [-0.3, -0.25) is 4.79 Å². The maximum Gasteiger partial charge on any atom is 0.261 e. The molecule has 2 aromatic rings. The van der Waals surface area contributed by atoms with E-state index in [9.17, 15) is 9.18 Å². The lowest BCUT2D eigenvalue weighted by molar-refractivity contribution is 0.0984. The van der Waals surface area contributed by atoms with E-state index in [0.717, 1.165) is 0 Å². The maximum atomic E-state index is 14.0. The van der Waals surface area contributed by atoms with E-state index in [1.54, 1.807) is 24.3 Å². The number of amides is 1. The number of carbonyl (C=O) groups is 1. The number of para-hydroxylation sites is 1. The van der Waals surface area contributed by atoms with E-state index in [4.69, 9.17) is 10.2 Å². The molecule has 0 unspecified atom stereocenters. The predicted octanol–water partition coefficient (Wildman–Crippen LogP) is 2.98. The largest absolute Gasteiger partial charge is 0.469 e. The lowest BCUT2D eigenvalue weighted by Crippen LogP contribution is -2.34. The van der Waals surface area contributed by atoms with E-state index in [1.807, 2.05) is 6.92 Å². The van der Waals surface area contributed by atoms with Gasteiger partial charge in [0.15, 0.2) is 0 Å². The average Bonchev–Trinajstić information content (AvgIpc) is 2.97. The van der Waals surface area contributed by atoms with Gasteiger partial charge in [-0.15, -0.1) is 0 Å². The van der Waals surface area contributed by atoms with Crippen LogP contribution in [0.2, 0.25) is 0 Å². The van der Waals surface area contributed by atoms with Gasteiger partial charge in [0.05, 0.1) is 17.5 Å². The van der Waals surface area contributed by atoms with E-state index >= 15 is 0 Å². The van der Waals surface area contributed by atoms with Crippen molar-refractivity contribution in [3.05, 3.63) is 53.7 Å². The summed E-state index contributed by atoms with van der Waals surface area (Å²) in [6, 6.07) is 7.86. The van der Waals surface area contributed by atoms with Gasteiger partial charge in [0.2, 0.25) is 0 Å². The van der Waals surface area contributed by atoms with Crippen LogP contribution in [0, 0.1) is 5.82 Å². The molecule has 0 radical (unpaired) electrons. The second kappa shape index (κ2) is 7.04. The van der Waals surface area contributed by atoms with Gasteiger partial charge >= 0.3 is 0 Å². The highest BCUT2D eigenvalue weighted by molar-refractivity contribution is 6.06. The molecule has 0 aliphatic rings. The van der Waals surface area contributed by atoms with Crippen molar-refractivity contribution in [2.24, 2.45) is 5.73 Å². The molecule has 0 aliphatic heterocycles. The van der Waals surface area contributed by atoms with Crippen LogP contribution < -0.4 is 10.6 Å². The highest BCUT2D eigenvalue weighted by Gasteiger charge is 2.23. The summed E-state index contributed by atoms with van der Waals surface area (Å²) in [4.78, 5) is 14.1. The lowest BCUT2D eigenvalue weighted by atomic mass is 10.1. The van der Waals surface area contributed by atoms with Gasteiger partial charge in [0.25, 0.3) is 5.91 Å².